The van der Waals surface area contributed by atoms with E-state index in [-0.39, 0.29) is 0 Å². The first kappa shape index (κ1) is 13.4. The van der Waals surface area contributed by atoms with Crippen LogP contribution in [0.3, 0.4) is 0 Å². The second-order valence-corrected chi connectivity index (χ2v) is 6.95. The second-order valence-electron chi connectivity index (χ2n) is 6.95. The summed E-state index contributed by atoms with van der Waals surface area (Å²) in [5, 5.41) is 3.76. The molecule has 1 aliphatic heterocycles. The second kappa shape index (κ2) is 4.89. The van der Waals surface area contributed by atoms with Gasteiger partial charge in [-0.25, -0.2) is 0 Å². The Morgan fingerprint density at radius 2 is 1.94 bits per heavy atom. The van der Waals surface area contributed by atoms with Gasteiger partial charge in [0.2, 0.25) is 0 Å². The zero-order chi connectivity index (χ0) is 12.5. The number of nitrogens with one attached hydrogen (secondary N) is 1. The van der Waals surface area contributed by atoms with E-state index in [9.17, 15) is 0 Å². The van der Waals surface area contributed by atoms with Gasteiger partial charge in [0, 0.05) is 31.2 Å². The number of hydrogen-bond donors (Lipinski definition) is 1. The number of hydrogen-bond acceptors (Lipinski definition) is 2. The van der Waals surface area contributed by atoms with Gasteiger partial charge in [0.25, 0.3) is 0 Å². The zero-order valence-corrected chi connectivity index (χ0v) is 12.2. The Labute approximate surface area is 107 Å². The maximum absolute atomic E-state index is 3.76. The lowest BCUT2D eigenvalue weighted by atomic mass is 9.88. The third-order valence-electron chi connectivity index (χ3n) is 5.22. The monoisotopic (exact) mass is 238 g/mol. The average Bonchev–Trinajstić information content (AvgIpc) is 2.70. The van der Waals surface area contributed by atoms with Crippen LogP contribution in [0.25, 0.3) is 0 Å². The molecule has 1 aliphatic carbocycles. The van der Waals surface area contributed by atoms with Gasteiger partial charge in [-0.2, -0.15) is 0 Å². The highest BCUT2D eigenvalue weighted by molar-refractivity contribution is 4.97. The first-order chi connectivity index (χ1) is 8.00. The van der Waals surface area contributed by atoms with E-state index in [1.807, 2.05) is 0 Å². The highest BCUT2D eigenvalue weighted by atomic mass is 15.2. The van der Waals surface area contributed by atoms with Crippen LogP contribution < -0.4 is 5.32 Å². The van der Waals surface area contributed by atoms with Crippen LogP contribution in [0.2, 0.25) is 0 Å². The molecular weight excluding hydrogens is 208 g/mol. The summed E-state index contributed by atoms with van der Waals surface area (Å²) in [4.78, 5) is 2.78. The molecule has 1 atom stereocenters. The summed E-state index contributed by atoms with van der Waals surface area (Å²) in [6, 6.07) is 0.851. The van der Waals surface area contributed by atoms with Gasteiger partial charge in [-0.3, -0.25) is 4.90 Å². The molecule has 0 aromatic carbocycles. The third-order valence-corrected chi connectivity index (χ3v) is 5.22. The SMILES string of the molecule is CCC1(CC)CN(C2CCC(C)(C)C2)CCN1. The van der Waals surface area contributed by atoms with Gasteiger partial charge in [0.05, 0.1) is 0 Å². The minimum Gasteiger partial charge on any atom is -0.309 e. The van der Waals surface area contributed by atoms with Gasteiger partial charge < -0.3 is 5.32 Å². The van der Waals surface area contributed by atoms with Crippen LogP contribution in [0, 0.1) is 5.41 Å². The fourth-order valence-electron chi connectivity index (χ4n) is 3.73. The van der Waals surface area contributed by atoms with E-state index < -0.39 is 0 Å². The molecule has 1 unspecified atom stereocenters. The zero-order valence-electron chi connectivity index (χ0n) is 12.2. The van der Waals surface area contributed by atoms with E-state index in [1.54, 1.807) is 0 Å². The largest absolute Gasteiger partial charge is 0.309 e. The van der Waals surface area contributed by atoms with Crippen molar-refractivity contribution in [3.8, 4) is 0 Å². The van der Waals surface area contributed by atoms with Crippen LogP contribution in [-0.4, -0.2) is 36.1 Å². The molecule has 2 nitrogen and oxygen atoms in total. The van der Waals surface area contributed by atoms with Crippen LogP contribution in [0.15, 0.2) is 0 Å². The molecule has 2 heteroatoms. The van der Waals surface area contributed by atoms with Crippen LogP contribution in [0.5, 0.6) is 0 Å². The molecule has 0 radical (unpaired) electrons. The Balaban J connectivity index is 1.98. The van der Waals surface area contributed by atoms with Gasteiger partial charge >= 0.3 is 0 Å². The molecule has 0 aromatic heterocycles. The van der Waals surface area contributed by atoms with Gasteiger partial charge in [-0.15, -0.1) is 0 Å². The van der Waals surface area contributed by atoms with E-state index in [4.69, 9.17) is 0 Å². The molecule has 100 valence electrons. The summed E-state index contributed by atoms with van der Waals surface area (Å²) in [5.74, 6) is 0. The standard InChI is InChI=1S/C15H30N2/c1-5-15(6-2)12-17(10-9-16-15)13-7-8-14(3,4)11-13/h13,16H,5-12H2,1-4H3. The van der Waals surface area contributed by atoms with E-state index in [1.165, 1.54) is 51.7 Å². The maximum atomic E-state index is 3.76. The average molecular weight is 238 g/mol. The van der Waals surface area contributed by atoms with Gasteiger partial charge in [0.15, 0.2) is 0 Å². The summed E-state index contributed by atoms with van der Waals surface area (Å²) >= 11 is 0. The van der Waals surface area contributed by atoms with Crippen molar-refractivity contribution >= 4 is 0 Å². The first-order valence-corrected chi connectivity index (χ1v) is 7.49. The molecule has 1 saturated heterocycles. The quantitative estimate of drug-likeness (QED) is 0.813. The van der Waals surface area contributed by atoms with Crippen LogP contribution >= 0.6 is 0 Å². The number of nitrogens with zero attached hydrogens (tertiary/aromatic N) is 1. The smallest absolute Gasteiger partial charge is 0.0304 e. The summed E-state index contributed by atoms with van der Waals surface area (Å²) in [5.41, 5.74) is 0.974. The van der Waals surface area contributed by atoms with E-state index in [0.29, 0.717) is 11.0 Å². The minimum absolute atomic E-state index is 0.394. The fourth-order valence-corrected chi connectivity index (χ4v) is 3.73. The summed E-state index contributed by atoms with van der Waals surface area (Å²) in [6.07, 6.45) is 6.74. The van der Waals surface area contributed by atoms with Crippen LogP contribution in [0.1, 0.15) is 59.8 Å². The highest BCUT2D eigenvalue weighted by Gasteiger charge is 2.39. The van der Waals surface area contributed by atoms with E-state index in [2.05, 4.69) is 37.9 Å². The Morgan fingerprint density at radius 1 is 1.24 bits per heavy atom. The van der Waals surface area contributed by atoms with Crippen LogP contribution in [0.4, 0.5) is 0 Å². The molecule has 0 amide bonds. The van der Waals surface area contributed by atoms with Crippen molar-refractivity contribution < 1.29 is 0 Å². The van der Waals surface area contributed by atoms with Crippen molar-refractivity contribution in [2.24, 2.45) is 5.41 Å². The molecule has 2 fully saturated rings. The van der Waals surface area contributed by atoms with Crippen molar-refractivity contribution in [3.63, 3.8) is 0 Å². The number of rotatable bonds is 3. The van der Waals surface area contributed by atoms with Gasteiger partial charge in [-0.1, -0.05) is 27.7 Å². The Kier molecular flexibility index (Phi) is 3.84. The lowest BCUT2D eigenvalue weighted by Gasteiger charge is -2.45. The summed E-state index contributed by atoms with van der Waals surface area (Å²) in [7, 11) is 0. The lowest BCUT2D eigenvalue weighted by Crippen LogP contribution is -2.61. The molecule has 0 aromatic rings. The summed E-state index contributed by atoms with van der Waals surface area (Å²) in [6.45, 7) is 13.2. The molecule has 0 bridgehead atoms. The predicted octanol–water partition coefficient (Wildman–Crippen LogP) is 3.03. The normalized spacial score (nSPS) is 32.8. The third kappa shape index (κ3) is 2.85. The predicted molar refractivity (Wildman–Crippen MR) is 74.3 cm³/mol. The van der Waals surface area contributed by atoms with Gasteiger partial charge in [0.1, 0.15) is 0 Å². The molecule has 1 saturated carbocycles. The Hall–Kier alpha value is -0.0800. The molecule has 2 rings (SSSR count). The van der Waals surface area contributed by atoms with Crippen molar-refractivity contribution in [1.82, 2.24) is 10.2 Å². The Morgan fingerprint density at radius 3 is 2.47 bits per heavy atom. The summed E-state index contributed by atoms with van der Waals surface area (Å²) < 4.78 is 0. The topological polar surface area (TPSA) is 15.3 Å². The number of piperazine rings is 1. The molecule has 1 heterocycles. The molecule has 0 spiro atoms. The fraction of sp³-hybridized carbons (Fsp3) is 1.00. The van der Waals surface area contributed by atoms with E-state index in [0.717, 1.165) is 6.04 Å². The first-order valence-electron chi connectivity index (χ1n) is 7.49. The van der Waals surface area contributed by atoms with Crippen molar-refractivity contribution in [3.05, 3.63) is 0 Å². The Bertz CT molecular complexity index is 256. The van der Waals surface area contributed by atoms with Crippen LogP contribution in [-0.2, 0) is 0 Å². The lowest BCUT2D eigenvalue weighted by molar-refractivity contribution is 0.0833. The molecular formula is C15H30N2. The van der Waals surface area contributed by atoms with Crippen molar-refractivity contribution in [1.29, 1.82) is 0 Å². The molecule has 17 heavy (non-hydrogen) atoms. The van der Waals surface area contributed by atoms with Gasteiger partial charge in [-0.05, 0) is 37.5 Å². The van der Waals surface area contributed by atoms with Crippen molar-refractivity contribution in [2.45, 2.75) is 71.4 Å². The minimum atomic E-state index is 0.394. The highest BCUT2D eigenvalue weighted by Crippen LogP contribution is 2.40. The molecule has 1 N–H and O–H groups in total. The van der Waals surface area contributed by atoms with Crippen molar-refractivity contribution in [2.75, 3.05) is 19.6 Å². The molecule has 2 aliphatic rings. The van der Waals surface area contributed by atoms with E-state index >= 15 is 0 Å². The maximum Gasteiger partial charge on any atom is 0.0304 e.